The topological polar surface area (TPSA) is 0 Å². The molecule has 0 aliphatic heterocycles. The summed E-state index contributed by atoms with van der Waals surface area (Å²) in [6, 6.07) is 8.70. The second kappa shape index (κ2) is 3.95. The first-order valence-corrected chi connectivity index (χ1v) is 5.35. The van der Waals surface area contributed by atoms with Crippen LogP contribution in [0.3, 0.4) is 0 Å². The van der Waals surface area contributed by atoms with Gasteiger partial charge in [0.25, 0.3) is 0 Å². The Hall–Kier alpha value is -0.248. The Morgan fingerprint density at radius 2 is 1.82 bits per heavy atom. The van der Waals surface area contributed by atoms with E-state index < -0.39 is 0 Å². The van der Waals surface area contributed by atoms with Crippen molar-refractivity contribution in [2.45, 2.75) is 25.6 Å². The van der Waals surface area contributed by atoms with Gasteiger partial charge in [-0.05, 0) is 0 Å². The van der Waals surface area contributed by atoms with Crippen molar-refractivity contribution in [3.8, 4) is 0 Å². The van der Waals surface area contributed by atoms with Gasteiger partial charge in [0, 0.05) is 0 Å². The average molecular weight is 161 g/mol. The van der Waals surface area contributed by atoms with Crippen LogP contribution >= 0.6 is 0 Å². The van der Waals surface area contributed by atoms with E-state index in [9.17, 15) is 0 Å². The SMILES string of the molecule is Cc1cccc[c]1[Al+][CH](C)C. The van der Waals surface area contributed by atoms with Crippen LogP contribution < -0.4 is 4.43 Å². The third kappa shape index (κ3) is 2.69. The van der Waals surface area contributed by atoms with E-state index in [2.05, 4.69) is 45.0 Å². The third-order valence-electron chi connectivity index (χ3n) is 1.70. The molecule has 1 aromatic rings. The summed E-state index contributed by atoms with van der Waals surface area (Å²) in [6.07, 6.45) is 0. The summed E-state index contributed by atoms with van der Waals surface area (Å²) in [6.45, 7) is 6.79. The van der Waals surface area contributed by atoms with Gasteiger partial charge >= 0.3 is 75.0 Å². The molecule has 0 saturated heterocycles. The molecule has 0 spiro atoms. The molecule has 0 aliphatic carbocycles. The van der Waals surface area contributed by atoms with Crippen LogP contribution in [0.2, 0.25) is 4.78 Å². The van der Waals surface area contributed by atoms with Gasteiger partial charge in [-0.15, -0.1) is 0 Å². The van der Waals surface area contributed by atoms with E-state index in [0.29, 0.717) is 15.2 Å². The van der Waals surface area contributed by atoms with Gasteiger partial charge in [0.1, 0.15) is 0 Å². The van der Waals surface area contributed by atoms with Crippen molar-refractivity contribution >= 4 is 19.6 Å². The Bertz CT molecular complexity index is 228. The van der Waals surface area contributed by atoms with Gasteiger partial charge in [0.15, 0.2) is 0 Å². The van der Waals surface area contributed by atoms with Crippen LogP contribution in [-0.4, -0.2) is 15.2 Å². The molecule has 0 fully saturated rings. The quantitative estimate of drug-likeness (QED) is 0.583. The van der Waals surface area contributed by atoms with Crippen LogP contribution in [0.5, 0.6) is 0 Å². The fourth-order valence-electron chi connectivity index (χ4n) is 1.13. The molecule has 0 N–H and O–H groups in total. The fraction of sp³-hybridized carbons (Fsp3) is 0.400. The van der Waals surface area contributed by atoms with E-state index in [1.165, 1.54) is 5.56 Å². The number of hydrogen-bond acceptors (Lipinski definition) is 0. The Kier molecular flexibility index (Phi) is 3.18. The van der Waals surface area contributed by atoms with Gasteiger partial charge in [-0.25, -0.2) is 0 Å². The van der Waals surface area contributed by atoms with Gasteiger partial charge in [-0.2, -0.15) is 0 Å². The first kappa shape index (κ1) is 8.85. The van der Waals surface area contributed by atoms with Crippen molar-refractivity contribution in [3.05, 3.63) is 29.8 Å². The monoisotopic (exact) mass is 161 g/mol. The predicted octanol–water partition coefficient (Wildman–Crippen LogP) is 2.15. The summed E-state index contributed by atoms with van der Waals surface area (Å²) in [7, 11) is 0. The summed E-state index contributed by atoms with van der Waals surface area (Å²) in [5, 5.41) is 0. The van der Waals surface area contributed by atoms with Gasteiger partial charge in [0.05, 0.1) is 0 Å². The predicted molar refractivity (Wildman–Crippen MR) is 51.7 cm³/mol. The van der Waals surface area contributed by atoms with Crippen molar-refractivity contribution < 1.29 is 0 Å². The molecular formula is C10H14Al+. The molecule has 0 saturated carbocycles. The standard InChI is InChI=1S/C7H7.C3H7.Al/c1-7-5-3-2-4-6-7;1-3-2;/h2-5H,1H3;3H,1-2H3;/q;;+1. The Morgan fingerprint density at radius 3 is 2.36 bits per heavy atom. The van der Waals surface area contributed by atoms with Crippen LogP contribution in [0.4, 0.5) is 0 Å². The van der Waals surface area contributed by atoms with Crippen molar-refractivity contribution in [2.24, 2.45) is 0 Å². The molecule has 0 unspecified atom stereocenters. The van der Waals surface area contributed by atoms with E-state index in [1.807, 2.05) is 0 Å². The first-order chi connectivity index (χ1) is 5.20. The number of benzene rings is 1. The van der Waals surface area contributed by atoms with Crippen LogP contribution in [-0.2, 0) is 0 Å². The number of rotatable bonds is 2. The normalized spacial score (nSPS) is 9.82. The zero-order valence-corrected chi connectivity index (χ0v) is 8.62. The Morgan fingerprint density at radius 1 is 1.18 bits per heavy atom. The van der Waals surface area contributed by atoms with Crippen molar-refractivity contribution in [1.82, 2.24) is 0 Å². The summed E-state index contributed by atoms with van der Waals surface area (Å²) >= 11 is 0.477. The molecule has 1 heteroatoms. The van der Waals surface area contributed by atoms with E-state index in [4.69, 9.17) is 0 Å². The molecular weight excluding hydrogens is 147 g/mol. The number of aryl methyl sites for hydroxylation is 1. The molecule has 1 aromatic carbocycles. The molecule has 0 aliphatic rings. The molecule has 0 aromatic heterocycles. The maximum atomic E-state index is 2.29. The molecule has 0 amide bonds. The second-order valence-corrected chi connectivity index (χ2v) is 5.56. The summed E-state index contributed by atoms with van der Waals surface area (Å²) in [5.41, 5.74) is 1.45. The molecule has 11 heavy (non-hydrogen) atoms. The Labute approximate surface area is 75.3 Å². The summed E-state index contributed by atoms with van der Waals surface area (Å²) in [5.74, 6) is 0. The van der Waals surface area contributed by atoms with Crippen molar-refractivity contribution in [2.75, 3.05) is 0 Å². The molecule has 0 atom stereocenters. The second-order valence-electron chi connectivity index (χ2n) is 3.27. The maximum absolute atomic E-state index is 2.29. The molecule has 0 nitrogen and oxygen atoms in total. The van der Waals surface area contributed by atoms with Crippen LogP contribution in [0.1, 0.15) is 19.4 Å². The summed E-state index contributed by atoms with van der Waals surface area (Å²) in [4.78, 5) is 0. The molecule has 0 bridgehead atoms. The molecule has 0 heterocycles. The molecule has 1 rings (SSSR count). The van der Waals surface area contributed by atoms with Gasteiger partial charge in [-0.3, -0.25) is 0 Å². The minimum atomic E-state index is 0.477. The third-order valence-corrected chi connectivity index (χ3v) is 3.37. The molecule has 56 valence electrons. The van der Waals surface area contributed by atoms with E-state index in [-0.39, 0.29) is 0 Å². The zero-order chi connectivity index (χ0) is 8.27. The minimum absolute atomic E-state index is 0.477. The van der Waals surface area contributed by atoms with Crippen molar-refractivity contribution in [1.29, 1.82) is 0 Å². The van der Waals surface area contributed by atoms with Gasteiger partial charge in [0.2, 0.25) is 0 Å². The Balaban J connectivity index is 2.78. The van der Waals surface area contributed by atoms with Crippen molar-refractivity contribution in [3.63, 3.8) is 0 Å². The number of hydrogen-bond donors (Lipinski definition) is 0. The van der Waals surface area contributed by atoms with Crippen LogP contribution in [0.25, 0.3) is 0 Å². The zero-order valence-electron chi connectivity index (χ0n) is 7.46. The molecule has 0 radical (unpaired) electrons. The van der Waals surface area contributed by atoms with Gasteiger partial charge < -0.3 is 0 Å². The van der Waals surface area contributed by atoms with Gasteiger partial charge in [-0.1, -0.05) is 0 Å². The van der Waals surface area contributed by atoms with E-state index >= 15 is 0 Å². The van der Waals surface area contributed by atoms with Crippen LogP contribution in [0, 0.1) is 6.92 Å². The first-order valence-electron chi connectivity index (χ1n) is 4.10. The fourth-order valence-corrected chi connectivity index (χ4v) is 2.43. The van der Waals surface area contributed by atoms with Crippen LogP contribution in [0.15, 0.2) is 24.3 Å². The van der Waals surface area contributed by atoms with E-state index in [1.54, 1.807) is 4.43 Å². The van der Waals surface area contributed by atoms with E-state index in [0.717, 1.165) is 4.78 Å². The summed E-state index contributed by atoms with van der Waals surface area (Å²) < 4.78 is 2.42. The average Bonchev–Trinajstić information content (AvgIpc) is 1.93.